The van der Waals surface area contributed by atoms with Crippen LogP contribution in [-0.2, 0) is 11.4 Å². The molecule has 2 aromatic rings. The van der Waals surface area contributed by atoms with Crippen LogP contribution in [-0.4, -0.2) is 11.0 Å². The van der Waals surface area contributed by atoms with Gasteiger partial charge in [0.2, 0.25) is 5.91 Å². The number of rotatable bonds is 7. The molecule has 1 heterocycles. The van der Waals surface area contributed by atoms with Crippen molar-refractivity contribution in [3.8, 4) is 11.3 Å². The summed E-state index contributed by atoms with van der Waals surface area (Å²) >= 11 is 0. The van der Waals surface area contributed by atoms with Crippen molar-refractivity contribution in [3.63, 3.8) is 0 Å². The molecule has 1 aromatic carbocycles. The molecule has 0 saturated carbocycles. The fourth-order valence-electron chi connectivity index (χ4n) is 2.28. The summed E-state index contributed by atoms with van der Waals surface area (Å²) in [6.45, 7) is 3.97. The monoisotopic (exact) mass is 301 g/mol. The van der Waals surface area contributed by atoms with Gasteiger partial charge in [-0.2, -0.15) is 0 Å². The SMILES string of the molecule is CCCCCC(=O)Nc1cc(-c2ccc(CO)o2)ccc1C. The lowest BCUT2D eigenvalue weighted by Gasteiger charge is -2.10. The summed E-state index contributed by atoms with van der Waals surface area (Å²) in [5.41, 5.74) is 2.71. The topological polar surface area (TPSA) is 62.5 Å². The first-order valence-electron chi connectivity index (χ1n) is 7.74. The lowest BCUT2D eigenvalue weighted by molar-refractivity contribution is -0.116. The second-order valence-corrected chi connectivity index (χ2v) is 5.46. The van der Waals surface area contributed by atoms with Gasteiger partial charge < -0.3 is 14.8 Å². The van der Waals surface area contributed by atoms with Crippen molar-refractivity contribution >= 4 is 11.6 Å². The van der Waals surface area contributed by atoms with Gasteiger partial charge >= 0.3 is 0 Å². The Balaban J connectivity index is 2.11. The van der Waals surface area contributed by atoms with Gasteiger partial charge in [0, 0.05) is 17.7 Å². The number of carbonyl (C=O) groups excluding carboxylic acids is 1. The number of hydrogen-bond acceptors (Lipinski definition) is 3. The number of aliphatic hydroxyl groups excluding tert-OH is 1. The van der Waals surface area contributed by atoms with Crippen molar-refractivity contribution in [2.24, 2.45) is 0 Å². The first kappa shape index (κ1) is 16.3. The van der Waals surface area contributed by atoms with Crippen LogP contribution >= 0.6 is 0 Å². The largest absolute Gasteiger partial charge is 0.459 e. The van der Waals surface area contributed by atoms with E-state index in [1.54, 1.807) is 6.07 Å². The van der Waals surface area contributed by atoms with Crippen LogP contribution in [0.25, 0.3) is 11.3 Å². The van der Waals surface area contributed by atoms with Crippen LogP contribution in [0.1, 0.15) is 43.9 Å². The van der Waals surface area contributed by atoms with E-state index in [4.69, 9.17) is 9.52 Å². The summed E-state index contributed by atoms with van der Waals surface area (Å²) in [5.74, 6) is 1.26. The summed E-state index contributed by atoms with van der Waals surface area (Å²) in [5, 5.41) is 12.0. The van der Waals surface area contributed by atoms with Gasteiger partial charge in [-0.1, -0.05) is 31.9 Å². The van der Waals surface area contributed by atoms with Crippen molar-refractivity contribution < 1.29 is 14.3 Å². The van der Waals surface area contributed by atoms with Crippen molar-refractivity contribution in [3.05, 3.63) is 41.7 Å². The molecule has 0 aliphatic heterocycles. The average Bonchev–Trinajstić information content (AvgIpc) is 2.99. The minimum absolute atomic E-state index is 0.0455. The molecule has 0 atom stereocenters. The smallest absolute Gasteiger partial charge is 0.224 e. The Morgan fingerprint density at radius 3 is 2.73 bits per heavy atom. The zero-order valence-electron chi connectivity index (χ0n) is 13.2. The summed E-state index contributed by atoms with van der Waals surface area (Å²) in [6, 6.07) is 9.38. The molecule has 0 unspecified atom stereocenters. The van der Waals surface area contributed by atoms with Crippen LogP contribution in [0, 0.1) is 6.92 Å². The Morgan fingerprint density at radius 2 is 2.05 bits per heavy atom. The zero-order valence-corrected chi connectivity index (χ0v) is 13.2. The summed E-state index contributed by atoms with van der Waals surface area (Å²) < 4.78 is 5.54. The maximum Gasteiger partial charge on any atom is 0.224 e. The van der Waals surface area contributed by atoms with Crippen LogP contribution in [0.2, 0.25) is 0 Å². The highest BCUT2D eigenvalue weighted by molar-refractivity contribution is 5.92. The summed E-state index contributed by atoms with van der Waals surface area (Å²) in [4.78, 5) is 12.0. The highest BCUT2D eigenvalue weighted by atomic mass is 16.4. The third kappa shape index (κ3) is 4.21. The van der Waals surface area contributed by atoms with E-state index >= 15 is 0 Å². The van der Waals surface area contributed by atoms with Gasteiger partial charge in [0.25, 0.3) is 0 Å². The molecule has 0 fully saturated rings. The van der Waals surface area contributed by atoms with Crippen LogP contribution in [0.15, 0.2) is 34.7 Å². The first-order chi connectivity index (χ1) is 10.6. The molecule has 4 heteroatoms. The number of nitrogens with one attached hydrogen (secondary N) is 1. The van der Waals surface area contributed by atoms with Crippen molar-refractivity contribution in [1.29, 1.82) is 0 Å². The third-order valence-electron chi connectivity index (χ3n) is 3.62. The Labute approximate surface area is 131 Å². The highest BCUT2D eigenvalue weighted by Crippen LogP contribution is 2.27. The Morgan fingerprint density at radius 1 is 1.23 bits per heavy atom. The number of amides is 1. The maximum absolute atomic E-state index is 12.0. The standard InChI is InChI=1S/C18H23NO3/c1-3-4-5-6-18(21)19-16-11-14(8-7-13(16)2)17-10-9-15(12-20)22-17/h7-11,20H,3-6,12H2,1-2H3,(H,19,21). The van der Waals surface area contributed by atoms with Gasteiger partial charge in [-0.3, -0.25) is 4.79 Å². The van der Waals surface area contributed by atoms with Crippen LogP contribution in [0.3, 0.4) is 0 Å². The van der Waals surface area contributed by atoms with Gasteiger partial charge in [0.1, 0.15) is 18.1 Å². The number of carbonyl (C=O) groups is 1. The van der Waals surface area contributed by atoms with Crippen LogP contribution in [0.4, 0.5) is 5.69 Å². The molecule has 1 aromatic heterocycles. The summed E-state index contributed by atoms with van der Waals surface area (Å²) in [6.07, 6.45) is 3.64. The van der Waals surface area contributed by atoms with Crippen molar-refractivity contribution in [1.82, 2.24) is 0 Å². The molecule has 0 radical (unpaired) electrons. The molecule has 2 rings (SSSR count). The van der Waals surface area contributed by atoms with Crippen LogP contribution in [0.5, 0.6) is 0 Å². The van der Waals surface area contributed by atoms with Gasteiger partial charge in [0.15, 0.2) is 0 Å². The summed E-state index contributed by atoms with van der Waals surface area (Å²) in [7, 11) is 0. The fraction of sp³-hybridized carbons (Fsp3) is 0.389. The Bertz CT molecular complexity index is 631. The van der Waals surface area contributed by atoms with Gasteiger partial charge in [-0.25, -0.2) is 0 Å². The Kier molecular flexibility index (Phi) is 5.78. The number of benzene rings is 1. The molecule has 0 saturated heterocycles. The van der Waals surface area contributed by atoms with Crippen LogP contribution < -0.4 is 5.32 Å². The second kappa shape index (κ2) is 7.80. The quantitative estimate of drug-likeness (QED) is 0.751. The molecule has 0 aliphatic carbocycles. The predicted octanol–water partition coefficient (Wildman–Crippen LogP) is 4.27. The zero-order chi connectivity index (χ0) is 15.9. The minimum Gasteiger partial charge on any atom is -0.459 e. The second-order valence-electron chi connectivity index (χ2n) is 5.46. The molecule has 4 nitrogen and oxygen atoms in total. The molecular weight excluding hydrogens is 278 g/mol. The van der Waals surface area contributed by atoms with Gasteiger partial charge in [-0.15, -0.1) is 0 Å². The van der Waals surface area contributed by atoms with E-state index < -0.39 is 0 Å². The molecule has 0 bridgehead atoms. The van der Waals surface area contributed by atoms with E-state index in [0.717, 1.165) is 36.1 Å². The normalized spacial score (nSPS) is 10.7. The average molecular weight is 301 g/mol. The molecule has 2 N–H and O–H groups in total. The van der Waals surface area contributed by atoms with Gasteiger partial charge in [0.05, 0.1) is 0 Å². The number of aryl methyl sites for hydroxylation is 1. The maximum atomic E-state index is 12.0. The number of hydrogen-bond donors (Lipinski definition) is 2. The van der Waals surface area contributed by atoms with E-state index in [-0.39, 0.29) is 12.5 Å². The van der Waals surface area contributed by atoms with E-state index in [0.29, 0.717) is 17.9 Å². The van der Waals surface area contributed by atoms with E-state index in [1.807, 2.05) is 31.2 Å². The van der Waals surface area contributed by atoms with E-state index in [9.17, 15) is 4.79 Å². The number of unbranched alkanes of at least 4 members (excludes halogenated alkanes) is 2. The number of furan rings is 1. The molecule has 118 valence electrons. The number of aliphatic hydroxyl groups is 1. The highest BCUT2D eigenvalue weighted by Gasteiger charge is 2.09. The van der Waals surface area contributed by atoms with Crippen molar-refractivity contribution in [2.75, 3.05) is 5.32 Å². The third-order valence-corrected chi connectivity index (χ3v) is 3.62. The predicted molar refractivity (Wildman–Crippen MR) is 87.6 cm³/mol. The first-order valence-corrected chi connectivity index (χ1v) is 7.74. The Hall–Kier alpha value is -2.07. The molecule has 0 spiro atoms. The lowest BCUT2D eigenvalue weighted by Crippen LogP contribution is -2.12. The molecule has 0 aliphatic rings. The fourth-order valence-corrected chi connectivity index (χ4v) is 2.28. The van der Waals surface area contributed by atoms with E-state index in [1.165, 1.54) is 0 Å². The molecule has 1 amide bonds. The minimum atomic E-state index is -0.118. The number of anilines is 1. The molecular formula is C18H23NO3. The van der Waals surface area contributed by atoms with Gasteiger partial charge in [-0.05, 0) is 37.1 Å². The van der Waals surface area contributed by atoms with Crippen molar-refractivity contribution in [2.45, 2.75) is 46.1 Å². The molecule has 22 heavy (non-hydrogen) atoms. The lowest BCUT2D eigenvalue weighted by atomic mass is 10.1. The van der Waals surface area contributed by atoms with E-state index in [2.05, 4.69) is 12.2 Å².